The molecule has 0 aliphatic heterocycles. The Balaban J connectivity index is 1.55. The molecule has 1 aliphatic rings. The fraction of sp³-hybridized carbons (Fsp3) is 0.458. The van der Waals surface area contributed by atoms with E-state index < -0.39 is 0 Å². The molecule has 2 aromatic carbocycles. The lowest BCUT2D eigenvalue weighted by Gasteiger charge is -2.22. The van der Waals surface area contributed by atoms with Crippen LogP contribution in [0.3, 0.4) is 0 Å². The summed E-state index contributed by atoms with van der Waals surface area (Å²) in [6, 6.07) is 15.9. The maximum atomic E-state index is 12.4. The molecule has 0 N–H and O–H groups in total. The molecule has 0 spiro atoms. The molecule has 1 aliphatic carbocycles. The maximum absolute atomic E-state index is 12.4. The molecular formula is C24H30O2. The molecule has 0 heterocycles. The predicted molar refractivity (Wildman–Crippen MR) is 107 cm³/mol. The van der Waals surface area contributed by atoms with Gasteiger partial charge in [-0.15, -0.1) is 0 Å². The Morgan fingerprint density at radius 2 is 1.62 bits per heavy atom. The van der Waals surface area contributed by atoms with Crippen LogP contribution in [0.15, 0.2) is 48.5 Å². The smallest absolute Gasteiger partial charge is 0.343 e. The summed E-state index contributed by atoms with van der Waals surface area (Å²) < 4.78 is 5.54. The summed E-state index contributed by atoms with van der Waals surface area (Å²) in [4.78, 5) is 12.4. The lowest BCUT2D eigenvalue weighted by Crippen LogP contribution is -2.09. The second-order valence-electron chi connectivity index (χ2n) is 7.45. The van der Waals surface area contributed by atoms with Crippen LogP contribution in [0.5, 0.6) is 5.75 Å². The summed E-state index contributed by atoms with van der Waals surface area (Å²) in [5, 5.41) is 0. The number of ether oxygens (including phenoxy) is 1. The third kappa shape index (κ3) is 5.20. The van der Waals surface area contributed by atoms with Gasteiger partial charge in [0, 0.05) is 0 Å². The number of carbonyl (C=O) groups excluding carboxylic acids is 1. The van der Waals surface area contributed by atoms with E-state index in [0.29, 0.717) is 17.2 Å². The summed E-state index contributed by atoms with van der Waals surface area (Å²) in [6.45, 7) is 2.21. The van der Waals surface area contributed by atoms with Crippen LogP contribution in [0.2, 0.25) is 0 Å². The molecule has 1 fully saturated rings. The number of hydrogen-bond acceptors (Lipinski definition) is 2. The molecular weight excluding hydrogens is 320 g/mol. The van der Waals surface area contributed by atoms with E-state index in [9.17, 15) is 4.79 Å². The van der Waals surface area contributed by atoms with Crippen LogP contribution >= 0.6 is 0 Å². The van der Waals surface area contributed by atoms with Gasteiger partial charge in [0.2, 0.25) is 0 Å². The molecule has 0 bridgehead atoms. The van der Waals surface area contributed by atoms with Crippen molar-refractivity contribution in [3.05, 3.63) is 65.2 Å². The van der Waals surface area contributed by atoms with E-state index >= 15 is 0 Å². The highest BCUT2D eigenvalue weighted by Crippen LogP contribution is 2.33. The monoisotopic (exact) mass is 350 g/mol. The van der Waals surface area contributed by atoms with Crippen LogP contribution in [-0.2, 0) is 6.42 Å². The van der Waals surface area contributed by atoms with E-state index in [1.54, 1.807) is 0 Å². The highest BCUT2D eigenvalue weighted by Gasteiger charge is 2.15. The number of benzene rings is 2. The Hall–Kier alpha value is -2.09. The number of aryl methyl sites for hydroxylation is 1. The fourth-order valence-electron chi connectivity index (χ4n) is 3.80. The van der Waals surface area contributed by atoms with Gasteiger partial charge in [-0.1, -0.05) is 63.3 Å². The normalized spacial score (nSPS) is 15.0. The maximum Gasteiger partial charge on any atom is 0.343 e. The van der Waals surface area contributed by atoms with Gasteiger partial charge >= 0.3 is 5.97 Å². The Labute approximate surface area is 157 Å². The fourth-order valence-corrected chi connectivity index (χ4v) is 3.80. The zero-order valence-corrected chi connectivity index (χ0v) is 15.9. The lowest BCUT2D eigenvalue weighted by atomic mass is 9.84. The van der Waals surface area contributed by atoms with Gasteiger partial charge in [0.1, 0.15) is 5.75 Å². The van der Waals surface area contributed by atoms with E-state index in [1.807, 2.05) is 36.4 Å². The van der Waals surface area contributed by atoms with Crippen LogP contribution in [-0.4, -0.2) is 5.97 Å². The van der Waals surface area contributed by atoms with Crippen molar-refractivity contribution in [1.82, 2.24) is 0 Å². The van der Waals surface area contributed by atoms with Crippen molar-refractivity contribution in [2.45, 2.75) is 70.6 Å². The van der Waals surface area contributed by atoms with Crippen molar-refractivity contribution in [2.24, 2.45) is 0 Å². The van der Waals surface area contributed by atoms with E-state index in [-0.39, 0.29) is 5.97 Å². The predicted octanol–water partition coefficient (Wildman–Crippen LogP) is 6.69. The van der Waals surface area contributed by atoms with Crippen LogP contribution < -0.4 is 4.74 Å². The molecule has 0 radical (unpaired) electrons. The van der Waals surface area contributed by atoms with Gasteiger partial charge in [-0.2, -0.15) is 0 Å². The third-order valence-electron chi connectivity index (χ3n) is 5.43. The Morgan fingerprint density at radius 1 is 0.923 bits per heavy atom. The molecule has 3 rings (SSSR count). The van der Waals surface area contributed by atoms with E-state index in [2.05, 4.69) is 19.1 Å². The number of carbonyl (C=O) groups is 1. The lowest BCUT2D eigenvalue weighted by molar-refractivity contribution is 0.0734. The minimum atomic E-state index is -0.282. The second kappa shape index (κ2) is 9.56. The molecule has 26 heavy (non-hydrogen) atoms. The largest absolute Gasteiger partial charge is 0.423 e. The number of hydrogen-bond donors (Lipinski definition) is 0. The zero-order chi connectivity index (χ0) is 18.2. The summed E-state index contributed by atoms with van der Waals surface area (Å²) in [6.07, 6.45) is 11.3. The van der Waals surface area contributed by atoms with Crippen LogP contribution in [0.25, 0.3) is 0 Å². The average molecular weight is 351 g/mol. The summed E-state index contributed by atoms with van der Waals surface area (Å²) >= 11 is 0. The Bertz CT molecular complexity index is 679. The minimum absolute atomic E-state index is 0.282. The van der Waals surface area contributed by atoms with Crippen molar-refractivity contribution in [3.63, 3.8) is 0 Å². The first kappa shape index (κ1) is 18.7. The molecule has 0 unspecified atom stereocenters. The molecule has 0 saturated heterocycles. The molecule has 1 saturated carbocycles. The third-order valence-corrected chi connectivity index (χ3v) is 5.43. The molecule has 2 heteroatoms. The molecule has 0 amide bonds. The van der Waals surface area contributed by atoms with Gasteiger partial charge in [0.05, 0.1) is 5.56 Å². The highest BCUT2D eigenvalue weighted by atomic mass is 16.5. The highest BCUT2D eigenvalue weighted by molar-refractivity contribution is 5.91. The van der Waals surface area contributed by atoms with Crippen molar-refractivity contribution in [1.29, 1.82) is 0 Å². The molecule has 138 valence electrons. The summed E-state index contributed by atoms with van der Waals surface area (Å²) in [5.74, 6) is 1.02. The van der Waals surface area contributed by atoms with Gasteiger partial charge in [-0.25, -0.2) is 4.79 Å². The van der Waals surface area contributed by atoms with Gasteiger partial charge in [-0.05, 0) is 67.0 Å². The molecule has 0 atom stereocenters. The van der Waals surface area contributed by atoms with Crippen LogP contribution in [0.1, 0.15) is 85.7 Å². The van der Waals surface area contributed by atoms with Crippen LogP contribution in [0.4, 0.5) is 0 Å². The molecule has 0 aromatic heterocycles. The zero-order valence-electron chi connectivity index (χ0n) is 15.9. The summed E-state index contributed by atoms with van der Waals surface area (Å²) in [7, 11) is 0. The first-order valence-corrected chi connectivity index (χ1v) is 10.2. The van der Waals surface area contributed by atoms with E-state index in [0.717, 1.165) is 6.42 Å². The second-order valence-corrected chi connectivity index (χ2v) is 7.45. The average Bonchev–Trinajstić information content (AvgIpc) is 2.70. The Morgan fingerprint density at radius 3 is 2.27 bits per heavy atom. The van der Waals surface area contributed by atoms with E-state index in [4.69, 9.17) is 4.74 Å². The quantitative estimate of drug-likeness (QED) is 0.316. The number of esters is 1. The minimum Gasteiger partial charge on any atom is -0.423 e. The van der Waals surface area contributed by atoms with Gasteiger partial charge in [0.25, 0.3) is 0 Å². The standard InChI is InChI=1S/C24H30O2/c1-2-3-5-8-19-11-13-22(14-12-19)24(25)26-23-17-15-21(16-18-23)20-9-6-4-7-10-20/h11-18,20H,2-10H2,1H3. The number of rotatable bonds is 7. The molecule has 2 aromatic rings. The SMILES string of the molecule is CCCCCc1ccc(C(=O)Oc2ccc(C3CCCCC3)cc2)cc1. The topological polar surface area (TPSA) is 26.3 Å². The van der Waals surface area contributed by atoms with Gasteiger partial charge < -0.3 is 4.74 Å². The first-order chi connectivity index (χ1) is 12.8. The number of unbranched alkanes of at least 4 members (excludes halogenated alkanes) is 2. The van der Waals surface area contributed by atoms with E-state index in [1.165, 1.54) is 62.5 Å². The van der Waals surface area contributed by atoms with Gasteiger partial charge in [-0.3, -0.25) is 0 Å². The van der Waals surface area contributed by atoms with Gasteiger partial charge in [0.15, 0.2) is 0 Å². The molecule has 2 nitrogen and oxygen atoms in total. The summed E-state index contributed by atoms with van der Waals surface area (Å²) in [5.41, 5.74) is 3.27. The Kier molecular flexibility index (Phi) is 6.88. The van der Waals surface area contributed by atoms with Crippen molar-refractivity contribution >= 4 is 5.97 Å². The first-order valence-electron chi connectivity index (χ1n) is 10.2. The van der Waals surface area contributed by atoms with Crippen molar-refractivity contribution in [3.8, 4) is 5.75 Å². The van der Waals surface area contributed by atoms with Crippen molar-refractivity contribution in [2.75, 3.05) is 0 Å². The van der Waals surface area contributed by atoms with Crippen LogP contribution in [0, 0.1) is 0 Å². The van der Waals surface area contributed by atoms with Crippen molar-refractivity contribution < 1.29 is 9.53 Å².